The second-order valence-electron chi connectivity index (χ2n) is 6.99. The van der Waals surface area contributed by atoms with Crippen LogP contribution < -0.4 is 4.18 Å². The Kier molecular flexibility index (Phi) is 7.89. The van der Waals surface area contributed by atoms with E-state index in [1.807, 2.05) is 37.7 Å². The number of benzene rings is 1. The van der Waals surface area contributed by atoms with E-state index in [1.54, 1.807) is 38.1 Å². The van der Waals surface area contributed by atoms with Gasteiger partial charge in [-0.3, -0.25) is 4.79 Å². The lowest BCUT2D eigenvalue weighted by Gasteiger charge is -2.26. The van der Waals surface area contributed by atoms with E-state index in [4.69, 9.17) is 4.18 Å². The summed E-state index contributed by atoms with van der Waals surface area (Å²) in [5.41, 5.74) is 0.932. The van der Waals surface area contributed by atoms with E-state index in [1.165, 1.54) is 0 Å². The first-order valence-electron chi connectivity index (χ1n) is 8.48. The lowest BCUT2D eigenvalue weighted by Crippen LogP contribution is -2.38. The highest BCUT2D eigenvalue weighted by Crippen LogP contribution is 2.18. The van der Waals surface area contributed by atoms with Crippen LogP contribution in [0.15, 0.2) is 24.3 Å². The molecular weight excluding hydrogens is 340 g/mol. The minimum absolute atomic E-state index is 0.0686. The van der Waals surface area contributed by atoms with E-state index < -0.39 is 15.4 Å². The molecule has 1 aromatic rings. The summed E-state index contributed by atoms with van der Waals surface area (Å²) in [7, 11) is 0.343. The van der Waals surface area contributed by atoms with Gasteiger partial charge in [0.05, 0.1) is 5.25 Å². The number of rotatable bonds is 9. The fourth-order valence-electron chi connectivity index (χ4n) is 2.05. The van der Waals surface area contributed by atoms with Crippen molar-refractivity contribution in [2.45, 2.75) is 39.5 Å². The van der Waals surface area contributed by atoms with Gasteiger partial charge in [0.25, 0.3) is 0 Å². The fourth-order valence-corrected chi connectivity index (χ4v) is 2.63. The first kappa shape index (κ1) is 21.4. The Morgan fingerprint density at radius 3 is 2.04 bits per heavy atom. The van der Waals surface area contributed by atoms with Crippen LogP contribution in [0.4, 0.5) is 0 Å². The fraction of sp³-hybridized carbons (Fsp3) is 0.611. The molecule has 6 nitrogen and oxygen atoms in total. The van der Waals surface area contributed by atoms with Gasteiger partial charge >= 0.3 is 10.1 Å². The van der Waals surface area contributed by atoms with Gasteiger partial charge in [0.2, 0.25) is 5.91 Å². The molecule has 0 spiro atoms. The Labute approximate surface area is 151 Å². The normalized spacial score (nSPS) is 12.0. The maximum atomic E-state index is 12.4. The van der Waals surface area contributed by atoms with E-state index in [0.29, 0.717) is 13.1 Å². The molecule has 0 aliphatic carbocycles. The van der Waals surface area contributed by atoms with Crippen molar-refractivity contribution in [3.63, 3.8) is 0 Å². The van der Waals surface area contributed by atoms with Crippen molar-refractivity contribution in [2.24, 2.45) is 5.92 Å². The van der Waals surface area contributed by atoms with Crippen LogP contribution in [0.1, 0.15) is 33.3 Å². The molecule has 0 saturated heterocycles. The van der Waals surface area contributed by atoms with Crippen LogP contribution in [0.5, 0.6) is 5.75 Å². The van der Waals surface area contributed by atoms with Gasteiger partial charge in [0.1, 0.15) is 5.75 Å². The molecule has 0 fully saturated rings. The number of amides is 1. The van der Waals surface area contributed by atoms with Crippen LogP contribution in [0.3, 0.4) is 0 Å². The molecule has 0 aliphatic rings. The molecule has 0 aromatic heterocycles. The van der Waals surface area contributed by atoms with Crippen LogP contribution in [-0.4, -0.2) is 56.6 Å². The van der Waals surface area contributed by atoms with Crippen molar-refractivity contribution in [3.8, 4) is 5.75 Å². The topological polar surface area (TPSA) is 66.9 Å². The smallest absolute Gasteiger partial charge is 0.311 e. The standard InChI is InChI=1S/C18H30N2O4S/c1-14(2)18(21)20(12-11-19(5)6)13-16-7-9-17(10-8-16)24-25(22,23)15(3)4/h7-10,14-15H,11-13H2,1-6H3. The van der Waals surface area contributed by atoms with Crippen molar-refractivity contribution in [1.29, 1.82) is 0 Å². The van der Waals surface area contributed by atoms with Crippen LogP contribution >= 0.6 is 0 Å². The monoisotopic (exact) mass is 370 g/mol. The van der Waals surface area contributed by atoms with Gasteiger partial charge in [-0.2, -0.15) is 8.42 Å². The maximum absolute atomic E-state index is 12.4. The summed E-state index contributed by atoms with van der Waals surface area (Å²) in [4.78, 5) is 16.3. The molecule has 0 radical (unpaired) electrons. The van der Waals surface area contributed by atoms with Crippen LogP contribution in [0.25, 0.3) is 0 Å². The number of carbonyl (C=O) groups is 1. The molecule has 0 aliphatic heterocycles. The summed E-state index contributed by atoms with van der Waals surface area (Å²) in [6.45, 7) is 8.84. The maximum Gasteiger partial charge on any atom is 0.311 e. The predicted molar refractivity (Wildman–Crippen MR) is 99.9 cm³/mol. The Morgan fingerprint density at radius 2 is 1.60 bits per heavy atom. The molecule has 0 atom stereocenters. The molecular formula is C18H30N2O4S. The molecule has 7 heteroatoms. The zero-order valence-corrected chi connectivity index (χ0v) is 16.8. The Bertz CT molecular complexity index is 652. The van der Waals surface area contributed by atoms with Gasteiger partial charge in [-0.15, -0.1) is 0 Å². The minimum atomic E-state index is -3.60. The van der Waals surface area contributed by atoms with Crippen molar-refractivity contribution < 1.29 is 17.4 Å². The van der Waals surface area contributed by atoms with Crippen molar-refractivity contribution in [1.82, 2.24) is 9.80 Å². The van der Waals surface area contributed by atoms with Gasteiger partial charge in [0, 0.05) is 25.6 Å². The molecule has 0 bridgehead atoms. The number of hydrogen-bond donors (Lipinski definition) is 0. The van der Waals surface area contributed by atoms with Gasteiger partial charge in [-0.05, 0) is 45.6 Å². The van der Waals surface area contributed by atoms with Gasteiger partial charge < -0.3 is 14.0 Å². The quantitative estimate of drug-likeness (QED) is 0.624. The number of nitrogens with zero attached hydrogens (tertiary/aromatic N) is 2. The molecule has 0 saturated carbocycles. The minimum Gasteiger partial charge on any atom is -0.382 e. The summed E-state index contributed by atoms with van der Waals surface area (Å²) in [6, 6.07) is 6.83. The largest absolute Gasteiger partial charge is 0.382 e. The van der Waals surface area contributed by atoms with E-state index >= 15 is 0 Å². The third-order valence-electron chi connectivity index (χ3n) is 3.71. The predicted octanol–water partition coefficient (Wildman–Crippen LogP) is 2.35. The summed E-state index contributed by atoms with van der Waals surface area (Å²) in [5.74, 6) is 0.318. The summed E-state index contributed by atoms with van der Waals surface area (Å²) >= 11 is 0. The first-order valence-corrected chi connectivity index (χ1v) is 9.96. The summed E-state index contributed by atoms with van der Waals surface area (Å²) in [6.07, 6.45) is 0. The van der Waals surface area contributed by atoms with Crippen molar-refractivity contribution in [2.75, 3.05) is 27.2 Å². The van der Waals surface area contributed by atoms with Crippen LogP contribution in [-0.2, 0) is 21.5 Å². The molecule has 25 heavy (non-hydrogen) atoms. The van der Waals surface area contributed by atoms with E-state index in [9.17, 15) is 13.2 Å². The zero-order valence-electron chi connectivity index (χ0n) is 16.0. The molecule has 1 amide bonds. The van der Waals surface area contributed by atoms with Gasteiger partial charge in [0.15, 0.2) is 0 Å². The second kappa shape index (κ2) is 9.20. The average Bonchev–Trinajstić information content (AvgIpc) is 2.51. The summed E-state index contributed by atoms with van der Waals surface area (Å²) in [5, 5.41) is -0.600. The van der Waals surface area contributed by atoms with Crippen molar-refractivity contribution in [3.05, 3.63) is 29.8 Å². The third kappa shape index (κ3) is 7.04. The van der Waals surface area contributed by atoms with Gasteiger partial charge in [-0.1, -0.05) is 26.0 Å². The average molecular weight is 371 g/mol. The Balaban J connectivity index is 2.83. The molecule has 1 rings (SSSR count). The Morgan fingerprint density at radius 1 is 1.04 bits per heavy atom. The Hall–Kier alpha value is -1.60. The first-order chi connectivity index (χ1) is 11.5. The molecule has 0 N–H and O–H groups in total. The van der Waals surface area contributed by atoms with Crippen molar-refractivity contribution >= 4 is 16.0 Å². The molecule has 142 valence electrons. The van der Waals surface area contributed by atoms with Crippen LogP contribution in [0.2, 0.25) is 0 Å². The zero-order chi connectivity index (χ0) is 19.2. The lowest BCUT2D eigenvalue weighted by molar-refractivity contribution is -0.135. The summed E-state index contributed by atoms with van der Waals surface area (Å²) < 4.78 is 28.7. The van der Waals surface area contributed by atoms with Crippen LogP contribution in [0, 0.1) is 5.92 Å². The number of hydrogen-bond acceptors (Lipinski definition) is 5. The number of likely N-dealkylation sites (N-methyl/N-ethyl adjacent to an activating group) is 1. The molecule has 0 heterocycles. The molecule has 1 aromatic carbocycles. The lowest BCUT2D eigenvalue weighted by atomic mass is 10.1. The molecule has 0 unspecified atom stereocenters. The van der Waals surface area contributed by atoms with Gasteiger partial charge in [-0.25, -0.2) is 0 Å². The highest BCUT2D eigenvalue weighted by atomic mass is 32.2. The SMILES string of the molecule is CC(C)C(=O)N(CCN(C)C)Cc1ccc(OS(=O)(=O)C(C)C)cc1. The van der Waals surface area contributed by atoms with E-state index in [0.717, 1.165) is 12.1 Å². The number of carbonyl (C=O) groups excluding carboxylic acids is 1. The highest BCUT2D eigenvalue weighted by molar-refractivity contribution is 7.87. The second-order valence-corrected chi connectivity index (χ2v) is 9.08. The highest BCUT2D eigenvalue weighted by Gasteiger charge is 2.19. The van der Waals surface area contributed by atoms with E-state index in [2.05, 4.69) is 0 Å². The van der Waals surface area contributed by atoms with E-state index in [-0.39, 0.29) is 17.6 Å². The third-order valence-corrected chi connectivity index (χ3v) is 5.29.